The number of rotatable bonds is 9. The van der Waals surface area contributed by atoms with Gasteiger partial charge in [0.05, 0.1) is 4.90 Å². The highest BCUT2D eigenvalue weighted by atomic mass is 32.2. The van der Waals surface area contributed by atoms with Gasteiger partial charge in [-0.25, -0.2) is 13.2 Å². The summed E-state index contributed by atoms with van der Waals surface area (Å²) in [6.45, 7) is 9.80. The van der Waals surface area contributed by atoms with E-state index in [0.29, 0.717) is 30.8 Å². The average molecular weight is 399 g/mol. The Balaban J connectivity index is 3.15. The molecule has 1 rings (SSSR count). The van der Waals surface area contributed by atoms with Crippen molar-refractivity contribution in [2.45, 2.75) is 52.0 Å². The summed E-state index contributed by atoms with van der Waals surface area (Å²) in [7, 11) is -3.66. The van der Waals surface area contributed by atoms with Crippen molar-refractivity contribution >= 4 is 27.6 Å². The third kappa shape index (κ3) is 6.21. The maximum atomic E-state index is 12.8. The molecule has 0 aliphatic heterocycles. The number of hydrogen-bond acceptors (Lipinski definition) is 4. The summed E-state index contributed by atoms with van der Waals surface area (Å²) in [5.74, 6) is -0.290. The summed E-state index contributed by atoms with van der Waals surface area (Å²) >= 11 is 0. The van der Waals surface area contributed by atoms with Crippen LogP contribution in [0.2, 0.25) is 0 Å². The predicted octanol–water partition coefficient (Wildman–Crippen LogP) is 2.05. The fourth-order valence-corrected chi connectivity index (χ4v) is 4.47. The van der Waals surface area contributed by atoms with Crippen LogP contribution in [0.5, 0.6) is 0 Å². The first-order chi connectivity index (χ1) is 12.5. The monoisotopic (exact) mass is 398 g/mol. The molecule has 0 aromatic heterocycles. The number of carbonyl (C=O) groups excluding carboxylic acids is 2. The highest BCUT2D eigenvalue weighted by Gasteiger charge is 2.25. The van der Waals surface area contributed by atoms with Crippen molar-refractivity contribution in [2.75, 3.05) is 18.4 Å². The largest absolute Gasteiger partial charge is 0.352 e. The summed E-state index contributed by atoms with van der Waals surface area (Å²) < 4.78 is 27.0. The Bertz CT molecular complexity index is 774. The second-order valence-electron chi connectivity index (χ2n) is 6.75. The van der Waals surface area contributed by atoms with Crippen LogP contribution in [0.25, 0.3) is 0 Å². The molecule has 0 aliphatic rings. The molecule has 27 heavy (non-hydrogen) atoms. The Morgan fingerprint density at radius 3 is 2.26 bits per heavy atom. The maximum absolute atomic E-state index is 12.8. The van der Waals surface area contributed by atoms with E-state index in [0.717, 1.165) is 0 Å². The Morgan fingerprint density at radius 2 is 1.78 bits per heavy atom. The number of nitrogens with zero attached hydrogens (tertiary/aromatic N) is 1. The number of nitrogens with two attached hydrogens (primary N) is 1. The van der Waals surface area contributed by atoms with Gasteiger partial charge in [0.15, 0.2) is 0 Å². The lowest BCUT2D eigenvalue weighted by Gasteiger charge is -2.21. The first-order valence-corrected chi connectivity index (χ1v) is 10.4. The van der Waals surface area contributed by atoms with Gasteiger partial charge in [-0.1, -0.05) is 33.8 Å². The number of amides is 3. The molecule has 0 unspecified atom stereocenters. The van der Waals surface area contributed by atoms with Crippen molar-refractivity contribution in [1.82, 2.24) is 9.62 Å². The normalized spacial score (nSPS) is 12.9. The molecule has 0 spiro atoms. The molecule has 3 amide bonds. The van der Waals surface area contributed by atoms with Gasteiger partial charge in [0, 0.05) is 18.8 Å². The lowest BCUT2D eigenvalue weighted by atomic mass is 10.0. The first-order valence-electron chi connectivity index (χ1n) is 9.00. The number of primary amides is 1. The van der Waals surface area contributed by atoms with Crippen molar-refractivity contribution in [3.05, 3.63) is 23.8 Å². The highest BCUT2D eigenvalue weighted by Crippen LogP contribution is 2.24. The van der Waals surface area contributed by atoms with E-state index in [2.05, 4.69) is 10.6 Å². The Hall–Kier alpha value is -2.13. The Kier molecular flexibility index (Phi) is 8.23. The topological polar surface area (TPSA) is 122 Å². The van der Waals surface area contributed by atoms with E-state index < -0.39 is 28.0 Å². The van der Waals surface area contributed by atoms with Gasteiger partial charge in [-0.3, -0.25) is 4.79 Å². The molecule has 0 aliphatic carbocycles. The zero-order valence-electron chi connectivity index (χ0n) is 16.6. The molecule has 0 saturated carbocycles. The van der Waals surface area contributed by atoms with E-state index >= 15 is 0 Å². The minimum Gasteiger partial charge on any atom is -0.352 e. The lowest BCUT2D eigenvalue weighted by molar-refractivity contribution is -0.118. The van der Waals surface area contributed by atoms with Crippen LogP contribution >= 0.6 is 0 Å². The summed E-state index contributed by atoms with van der Waals surface area (Å²) in [6, 6.07) is 3.13. The number of hydrogen-bond donors (Lipinski definition) is 3. The van der Waals surface area contributed by atoms with E-state index in [4.69, 9.17) is 5.73 Å². The molecular weight excluding hydrogens is 368 g/mol. The van der Waals surface area contributed by atoms with Crippen LogP contribution in [0.4, 0.5) is 10.5 Å². The minimum absolute atomic E-state index is 0.146. The summed E-state index contributed by atoms with van der Waals surface area (Å²) in [4.78, 5) is 23.8. The molecule has 0 bridgehead atoms. The van der Waals surface area contributed by atoms with E-state index in [1.165, 1.54) is 10.4 Å². The molecule has 1 atom stereocenters. The molecule has 0 heterocycles. The quantitative estimate of drug-likeness (QED) is 0.589. The van der Waals surface area contributed by atoms with Gasteiger partial charge in [-0.2, -0.15) is 4.31 Å². The summed E-state index contributed by atoms with van der Waals surface area (Å²) in [5, 5.41) is 5.10. The van der Waals surface area contributed by atoms with E-state index in [1.54, 1.807) is 32.9 Å². The van der Waals surface area contributed by atoms with Crippen LogP contribution in [0.3, 0.4) is 0 Å². The SMILES string of the molecule is CCN(CC)S(=O)(=O)c1cc(NC(=O)[C@@H](CC(C)C)NC(N)=O)ccc1C. The Morgan fingerprint density at radius 1 is 1.19 bits per heavy atom. The van der Waals surface area contributed by atoms with Gasteiger partial charge in [-0.05, 0) is 37.0 Å². The van der Waals surface area contributed by atoms with Gasteiger partial charge in [0.25, 0.3) is 0 Å². The van der Waals surface area contributed by atoms with E-state index in [9.17, 15) is 18.0 Å². The fraction of sp³-hybridized carbons (Fsp3) is 0.556. The van der Waals surface area contributed by atoms with Crippen LogP contribution < -0.4 is 16.4 Å². The number of carbonyl (C=O) groups is 2. The molecule has 0 saturated heterocycles. The maximum Gasteiger partial charge on any atom is 0.312 e. The van der Waals surface area contributed by atoms with Gasteiger partial charge in [0.1, 0.15) is 6.04 Å². The van der Waals surface area contributed by atoms with Crippen LogP contribution in [0.1, 0.15) is 39.7 Å². The van der Waals surface area contributed by atoms with Crippen molar-refractivity contribution in [3.63, 3.8) is 0 Å². The molecule has 4 N–H and O–H groups in total. The van der Waals surface area contributed by atoms with Gasteiger partial charge in [0.2, 0.25) is 15.9 Å². The molecule has 1 aromatic carbocycles. The highest BCUT2D eigenvalue weighted by molar-refractivity contribution is 7.89. The number of nitrogens with one attached hydrogen (secondary N) is 2. The molecule has 9 heteroatoms. The first kappa shape index (κ1) is 22.9. The van der Waals surface area contributed by atoms with Crippen LogP contribution in [-0.4, -0.2) is 43.8 Å². The number of urea groups is 1. The third-order valence-electron chi connectivity index (χ3n) is 4.12. The second kappa shape index (κ2) is 9.70. The number of aryl methyl sites for hydroxylation is 1. The summed E-state index contributed by atoms with van der Waals surface area (Å²) in [5.41, 5.74) is 6.09. The van der Waals surface area contributed by atoms with E-state index in [-0.39, 0.29) is 10.8 Å². The molecule has 0 radical (unpaired) electrons. The van der Waals surface area contributed by atoms with Crippen LogP contribution in [0, 0.1) is 12.8 Å². The van der Waals surface area contributed by atoms with Crippen molar-refractivity contribution < 1.29 is 18.0 Å². The number of sulfonamides is 1. The molecule has 8 nitrogen and oxygen atoms in total. The zero-order chi connectivity index (χ0) is 20.8. The number of benzene rings is 1. The molecule has 152 valence electrons. The molecule has 1 aromatic rings. The second-order valence-corrected chi connectivity index (χ2v) is 8.66. The van der Waals surface area contributed by atoms with Crippen LogP contribution in [0.15, 0.2) is 23.1 Å². The van der Waals surface area contributed by atoms with Crippen molar-refractivity contribution in [1.29, 1.82) is 0 Å². The number of anilines is 1. The van der Waals surface area contributed by atoms with Gasteiger partial charge >= 0.3 is 6.03 Å². The lowest BCUT2D eigenvalue weighted by Crippen LogP contribution is -2.46. The predicted molar refractivity (Wildman–Crippen MR) is 106 cm³/mol. The van der Waals surface area contributed by atoms with Gasteiger partial charge < -0.3 is 16.4 Å². The van der Waals surface area contributed by atoms with Crippen LogP contribution in [-0.2, 0) is 14.8 Å². The van der Waals surface area contributed by atoms with Crippen molar-refractivity contribution in [2.24, 2.45) is 11.7 Å². The molecular formula is C18H30N4O4S. The zero-order valence-corrected chi connectivity index (χ0v) is 17.4. The average Bonchev–Trinajstić information content (AvgIpc) is 2.55. The summed E-state index contributed by atoms with van der Waals surface area (Å²) in [6.07, 6.45) is 0.408. The third-order valence-corrected chi connectivity index (χ3v) is 6.31. The Labute approximate surface area is 161 Å². The smallest absolute Gasteiger partial charge is 0.312 e. The van der Waals surface area contributed by atoms with Gasteiger partial charge in [-0.15, -0.1) is 0 Å². The molecule has 0 fully saturated rings. The standard InChI is InChI=1S/C18H30N4O4S/c1-6-22(7-2)27(25,26)16-11-14(9-8-13(16)5)20-17(23)15(10-12(3)4)21-18(19)24/h8-9,11-12,15H,6-7,10H2,1-5H3,(H,20,23)(H3,19,21,24)/t15-/m1/s1. The van der Waals surface area contributed by atoms with Crippen molar-refractivity contribution in [3.8, 4) is 0 Å². The minimum atomic E-state index is -3.66. The fourth-order valence-electron chi connectivity index (χ4n) is 2.76. The van der Waals surface area contributed by atoms with E-state index in [1.807, 2.05) is 13.8 Å².